The predicted octanol–water partition coefficient (Wildman–Crippen LogP) is 3.88. The second-order valence-corrected chi connectivity index (χ2v) is 6.63. The van der Waals surface area contributed by atoms with Crippen LogP contribution in [0.3, 0.4) is 0 Å². The highest BCUT2D eigenvalue weighted by atomic mass is 35.5. The van der Waals surface area contributed by atoms with Crippen LogP contribution < -0.4 is 4.74 Å². The van der Waals surface area contributed by atoms with Crippen molar-refractivity contribution in [3.8, 4) is 5.75 Å². The van der Waals surface area contributed by atoms with Crippen LogP contribution in [0.25, 0.3) is 6.08 Å². The molecule has 0 saturated carbocycles. The maximum absolute atomic E-state index is 12.7. The molecule has 2 aromatic rings. The number of aryl methyl sites for hydroxylation is 2. The fourth-order valence-electron chi connectivity index (χ4n) is 2.98. The van der Waals surface area contributed by atoms with Crippen molar-refractivity contribution in [3.63, 3.8) is 0 Å². The summed E-state index contributed by atoms with van der Waals surface area (Å²) in [4.78, 5) is 14.5. The van der Waals surface area contributed by atoms with Gasteiger partial charge in [-0.15, -0.1) is 0 Å². The Morgan fingerprint density at radius 1 is 1.38 bits per heavy atom. The second-order valence-electron chi connectivity index (χ2n) is 6.27. The van der Waals surface area contributed by atoms with Crippen molar-refractivity contribution in [3.05, 3.63) is 52.3 Å². The van der Waals surface area contributed by atoms with E-state index < -0.39 is 0 Å². The Balaban J connectivity index is 2.07. The van der Waals surface area contributed by atoms with Gasteiger partial charge < -0.3 is 9.64 Å². The molecule has 0 bridgehead atoms. The zero-order chi connectivity index (χ0) is 19.3. The summed E-state index contributed by atoms with van der Waals surface area (Å²) in [6, 6.07) is 8.02. The number of aromatic nitrogens is 2. The first kappa shape index (κ1) is 20.0. The third kappa shape index (κ3) is 4.67. The summed E-state index contributed by atoms with van der Waals surface area (Å²) in [6.07, 6.45) is 4.10. The number of hydrogen-bond donors (Lipinski definition) is 0. The van der Waals surface area contributed by atoms with Crippen LogP contribution in [0.2, 0.25) is 5.15 Å². The third-order valence-electron chi connectivity index (χ3n) is 4.43. The van der Waals surface area contributed by atoms with Crippen molar-refractivity contribution in [1.82, 2.24) is 14.7 Å². The normalized spacial score (nSPS) is 12.4. The first-order valence-corrected chi connectivity index (χ1v) is 9.05. The summed E-state index contributed by atoms with van der Waals surface area (Å²) in [5, 5.41) is 4.79. The number of rotatable bonds is 7. The van der Waals surface area contributed by atoms with Gasteiger partial charge in [0.15, 0.2) is 0 Å². The number of carbonyl (C=O) groups is 1. The number of hydrogen-bond acceptors (Lipinski definition) is 3. The molecule has 0 N–H and O–H groups in total. The Labute approximate surface area is 160 Å². The van der Waals surface area contributed by atoms with Crippen molar-refractivity contribution < 1.29 is 9.53 Å². The number of methoxy groups -OCH3 is 1. The smallest absolute Gasteiger partial charge is 0.246 e. The summed E-state index contributed by atoms with van der Waals surface area (Å²) in [5.41, 5.74) is 2.75. The molecule has 0 fully saturated rings. The lowest BCUT2D eigenvalue weighted by Gasteiger charge is -2.27. The summed E-state index contributed by atoms with van der Waals surface area (Å²) in [5.74, 6) is 0.796. The van der Waals surface area contributed by atoms with Crippen LogP contribution >= 0.6 is 11.6 Å². The van der Waals surface area contributed by atoms with E-state index in [9.17, 15) is 4.79 Å². The van der Waals surface area contributed by atoms with E-state index in [0.717, 1.165) is 23.4 Å². The first-order valence-electron chi connectivity index (χ1n) is 8.68. The lowest BCUT2D eigenvalue weighted by Crippen LogP contribution is -2.38. The minimum Gasteiger partial charge on any atom is -0.497 e. The Morgan fingerprint density at radius 2 is 2.04 bits per heavy atom. The largest absolute Gasteiger partial charge is 0.497 e. The van der Waals surface area contributed by atoms with Gasteiger partial charge in [0, 0.05) is 31.3 Å². The van der Waals surface area contributed by atoms with Crippen LogP contribution in [0.1, 0.15) is 30.7 Å². The standard InChI is InChI=1S/C20H26ClN3O2/c1-6-24(14(2)13-16-7-9-17(26-5)10-8-16)19(25)12-11-18-15(3)22-23(4)20(18)21/h7-12,14H,6,13H2,1-5H3/b12-11+. The van der Waals surface area contributed by atoms with Crippen LogP contribution in [0.5, 0.6) is 5.75 Å². The van der Waals surface area contributed by atoms with Gasteiger partial charge in [0.2, 0.25) is 5.91 Å². The van der Waals surface area contributed by atoms with Gasteiger partial charge in [-0.05, 0) is 51.0 Å². The van der Waals surface area contributed by atoms with E-state index in [-0.39, 0.29) is 11.9 Å². The van der Waals surface area contributed by atoms with Gasteiger partial charge >= 0.3 is 0 Å². The average molecular weight is 376 g/mol. The topological polar surface area (TPSA) is 47.4 Å². The number of nitrogens with zero attached hydrogens (tertiary/aromatic N) is 3. The summed E-state index contributed by atoms with van der Waals surface area (Å²) in [6.45, 7) is 6.56. The van der Waals surface area contributed by atoms with E-state index in [1.165, 1.54) is 5.56 Å². The lowest BCUT2D eigenvalue weighted by molar-refractivity contribution is -0.127. The molecule has 1 unspecified atom stereocenters. The molecule has 1 amide bonds. The number of benzene rings is 1. The highest BCUT2D eigenvalue weighted by molar-refractivity contribution is 6.31. The van der Waals surface area contributed by atoms with Crippen molar-refractivity contribution in [2.45, 2.75) is 33.2 Å². The highest BCUT2D eigenvalue weighted by Gasteiger charge is 2.17. The molecule has 1 aromatic heterocycles. The molecule has 0 radical (unpaired) electrons. The van der Waals surface area contributed by atoms with Crippen LogP contribution in [0.4, 0.5) is 0 Å². The lowest BCUT2D eigenvalue weighted by atomic mass is 10.1. The third-order valence-corrected chi connectivity index (χ3v) is 4.88. The zero-order valence-electron chi connectivity index (χ0n) is 16.0. The van der Waals surface area contributed by atoms with Gasteiger partial charge in [0.1, 0.15) is 10.9 Å². The molecule has 0 spiro atoms. The van der Waals surface area contributed by atoms with Crippen LogP contribution in [0, 0.1) is 6.92 Å². The van der Waals surface area contributed by atoms with Crippen LogP contribution in [-0.2, 0) is 18.3 Å². The molecule has 1 atom stereocenters. The van der Waals surface area contributed by atoms with E-state index in [2.05, 4.69) is 12.0 Å². The van der Waals surface area contributed by atoms with E-state index in [4.69, 9.17) is 16.3 Å². The van der Waals surface area contributed by atoms with E-state index >= 15 is 0 Å². The van der Waals surface area contributed by atoms with Gasteiger partial charge in [0.25, 0.3) is 0 Å². The van der Waals surface area contributed by atoms with Gasteiger partial charge in [-0.3, -0.25) is 9.48 Å². The molecule has 1 heterocycles. The molecule has 5 nitrogen and oxygen atoms in total. The fraction of sp³-hybridized carbons (Fsp3) is 0.400. The Hall–Kier alpha value is -2.27. The molecule has 0 aliphatic carbocycles. The molecule has 0 aliphatic heterocycles. The van der Waals surface area contributed by atoms with E-state index in [1.54, 1.807) is 31.0 Å². The SMILES string of the molecule is CCN(C(=O)/C=C/c1c(C)nn(C)c1Cl)C(C)Cc1ccc(OC)cc1. The number of likely N-dealkylation sites (N-methyl/N-ethyl adjacent to an activating group) is 1. The fourth-order valence-corrected chi connectivity index (χ4v) is 3.22. The van der Waals surface area contributed by atoms with Crippen molar-refractivity contribution >= 4 is 23.6 Å². The van der Waals surface area contributed by atoms with E-state index in [0.29, 0.717) is 11.7 Å². The minimum atomic E-state index is -0.0344. The number of halogens is 1. The molecule has 2 rings (SSSR count). The van der Waals surface area contributed by atoms with Gasteiger partial charge in [-0.25, -0.2) is 0 Å². The number of amides is 1. The Morgan fingerprint density at radius 3 is 2.54 bits per heavy atom. The predicted molar refractivity (Wildman–Crippen MR) is 106 cm³/mol. The minimum absolute atomic E-state index is 0.0344. The molecule has 0 aliphatic rings. The van der Waals surface area contributed by atoms with Crippen LogP contribution in [-0.4, -0.2) is 40.3 Å². The summed E-state index contributed by atoms with van der Waals surface area (Å²) >= 11 is 6.22. The molecular formula is C20H26ClN3O2. The Kier molecular flexibility index (Phi) is 6.86. The molecule has 1 aromatic carbocycles. The molecular weight excluding hydrogens is 350 g/mol. The monoisotopic (exact) mass is 375 g/mol. The molecule has 0 saturated heterocycles. The maximum Gasteiger partial charge on any atom is 0.246 e. The van der Waals surface area contributed by atoms with Gasteiger partial charge in [-0.1, -0.05) is 23.7 Å². The quantitative estimate of drug-likeness (QED) is 0.690. The van der Waals surface area contributed by atoms with Crippen molar-refractivity contribution in [2.24, 2.45) is 7.05 Å². The second kappa shape index (κ2) is 8.90. The first-order chi connectivity index (χ1) is 12.4. The molecule has 26 heavy (non-hydrogen) atoms. The summed E-state index contributed by atoms with van der Waals surface area (Å²) in [7, 11) is 3.43. The van der Waals surface area contributed by atoms with Crippen LogP contribution in [0.15, 0.2) is 30.3 Å². The zero-order valence-corrected chi connectivity index (χ0v) is 16.7. The van der Waals surface area contributed by atoms with E-state index in [1.807, 2.05) is 43.0 Å². The number of ether oxygens (including phenoxy) is 1. The van der Waals surface area contributed by atoms with Crippen molar-refractivity contribution in [2.75, 3.05) is 13.7 Å². The number of carbonyl (C=O) groups excluding carboxylic acids is 1. The van der Waals surface area contributed by atoms with Crippen molar-refractivity contribution in [1.29, 1.82) is 0 Å². The summed E-state index contributed by atoms with van der Waals surface area (Å²) < 4.78 is 6.79. The van der Waals surface area contributed by atoms with Gasteiger partial charge in [0.05, 0.1) is 12.8 Å². The Bertz CT molecular complexity index is 781. The average Bonchev–Trinajstić information content (AvgIpc) is 2.86. The maximum atomic E-state index is 12.7. The molecule has 6 heteroatoms. The highest BCUT2D eigenvalue weighted by Crippen LogP contribution is 2.20. The van der Waals surface area contributed by atoms with Gasteiger partial charge in [-0.2, -0.15) is 5.10 Å². The molecule has 140 valence electrons.